The highest BCUT2D eigenvalue weighted by Crippen LogP contribution is 2.36. The van der Waals surface area contributed by atoms with Crippen molar-refractivity contribution < 1.29 is 0 Å². The van der Waals surface area contributed by atoms with E-state index < -0.39 is 0 Å². The van der Waals surface area contributed by atoms with E-state index in [9.17, 15) is 0 Å². The fourth-order valence-electron chi connectivity index (χ4n) is 3.77. The number of benzene rings is 1. The summed E-state index contributed by atoms with van der Waals surface area (Å²) < 4.78 is 0. The topological polar surface area (TPSA) is 12.0 Å². The summed E-state index contributed by atoms with van der Waals surface area (Å²) >= 11 is 0. The zero-order chi connectivity index (χ0) is 14.8. The highest BCUT2D eigenvalue weighted by Gasteiger charge is 2.27. The molecule has 112 valence electrons. The fraction of sp³-hybridized carbons (Fsp3) is 0.684. The number of hydrogen-bond donors (Lipinski definition) is 1. The van der Waals surface area contributed by atoms with Crippen molar-refractivity contribution in [2.45, 2.75) is 65.2 Å². The Kier molecular flexibility index (Phi) is 4.59. The lowest BCUT2D eigenvalue weighted by Crippen LogP contribution is -2.28. The van der Waals surface area contributed by atoms with Crippen LogP contribution in [0.25, 0.3) is 0 Å². The van der Waals surface area contributed by atoms with Gasteiger partial charge < -0.3 is 5.32 Å². The van der Waals surface area contributed by atoms with Crippen LogP contribution in [0.3, 0.4) is 0 Å². The van der Waals surface area contributed by atoms with Crippen LogP contribution in [0.2, 0.25) is 0 Å². The number of rotatable bonds is 3. The average Bonchev–Trinajstić information content (AvgIpc) is 2.37. The van der Waals surface area contributed by atoms with E-state index >= 15 is 0 Å². The molecule has 0 spiro atoms. The number of piperidine rings is 1. The van der Waals surface area contributed by atoms with Gasteiger partial charge in [0.05, 0.1) is 0 Å². The van der Waals surface area contributed by atoms with Crippen molar-refractivity contribution in [1.29, 1.82) is 0 Å². The zero-order valence-corrected chi connectivity index (χ0v) is 13.9. The SMILES string of the molecule is CC(C)(C)CC(C)(C)c1ccc(C2CCCNC2)cc1. The Labute approximate surface area is 125 Å². The van der Waals surface area contributed by atoms with E-state index in [0.29, 0.717) is 11.3 Å². The van der Waals surface area contributed by atoms with Crippen LogP contribution >= 0.6 is 0 Å². The van der Waals surface area contributed by atoms with Gasteiger partial charge in [-0.25, -0.2) is 0 Å². The second-order valence-electron chi connectivity index (χ2n) is 8.29. The minimum absolute atomic E-state index is 0.252. The summed E-state index contributed by atoms with van der Waals surface area (Å²) in [5, 5.41) is 3.51. The van der Waals surface area contributed by atoms with Gasteiger partial charge in [0.25, 0.3) is 0 Å². The Hall–Kier alpha value is -0.820. The van der Waals surface area contributed by atoms with Gasteiger partial charge in [-0.15, -0.1) is 0 Å². The monoisotopic (exact) mass is 273 g/mol. The van der Waals surface area contributed by atoms with Gasteiger partial charge in [-0.05, 0) is 53.7 Å². The van der Waals surface area contributed by atoms with Crippen LogP contribution in [0.1, 0.15) is 70.9 Å². The van der Waals surface area contributed by atoms with Crippen molar-refractivity contribution in [3.63, 3.8) is 0 Å². The van der Waals surface area contributed by atoms with Crippen LogP contribution in [-0.2, 0) is 5.41 Å². The molecular weight excluding hydrogens is 242 g/mol. The fourth-order valence-corrected chi connectivity index (χ4v) is 3.77. The van der Waals surface area contributed by atoms with E-state index in [4.69, 9.17) is 0 Å². The van der Waals surface area contributed by atoms with Crippen molar-refractivity contribution in [2.75, 3.05) is 13.1 Å². The Morgan fingerprint density at radius 1 is 1.05 bits per heavy atom. The van der Waals surface area contributed by atoms with Crippen LogP contribution in [0.4, 0.5) is 0 Å². The van der Waals surface area contributed by atoms with Crippen LogP contribution in [0.5, 0.6) is 0 Å². The molecule has 1 unspecified atom stereocenters. The standard InChI is InChI=1S/C19H31N/c1-18(2,3)14-19(4,5)17-10-8-15(9-11-17)16-7-6-12-20-13-16/h8-11,16,20H,6-7,12-14H2,1-5H3. The molecule has 0 saturated carbocycles. The maximum absolute atomic E-state index is 3.51. The van der Waals surface area contributed by atoms with Crippen molar-refractivity contribution in [1.82, 2.24) is 5.32 Å². The Morgan fingerprint density at radius 3 is 2.20 bits per heavy atom. The van der Waals surface area contributed by atoms with Gasteiger partial charge >= 0.3 is 0 Å². The van der Waals surface area contributed by atoms with E-state index in [1.165, 1.54) is 36.9 Å². The lowest BCUT2D eigenvalue weighted by molar-refractivity contribution is 0.284. The van der Waals surface area contributed by atoms with Crippen molar-refractivity contribution in [3.8, 4) is 0 Å². The average molecular weight is 273 g/mol. The molecule has 0 bridgehead atoms. The highest BCUT2D eigenvalue weighted by molar-refractivity contribution is 5.30. The summed E-state index contributed by atoms with van der Waals surface area (Å²) in [6, 6.07) is 9.43. The van der Waals surface area contributed by atoms with E-state index in [1.54, 1.807) is 0 Å². The quantitative estimate of drug-likeness (QED) is 0.828. The van der Waals surface area contributed by atoms with Gasteiger partial charge in [-0.2, -0.15) is 0 Å². The van der Waals surface area contributed by atoms with E-state index in [0.717, 1.165) is 6.54 Å². The zero-order valence-electron chi connectivity index (χ0n) is 13.9. The van der Waals surface area contributed by atoms with Crippen molar-refractivity contribution in [2.24, 2.45) is 5.41 Å². The molecular formula is C19H31N. The molecule has 1 atom stereocenters. The minimum Gasteiger partial charge on any atom is -0.316 e. The van der Waals surface area contributed by atoms with Gasteiger partial charge in [0.1, 0.15) is 0 Å². The summed E-state index contributed by atoms with van der Waals surface area (Å²) in [6.07, 6.45) is 3.85. The van der Waals surface area contributed by atoms with E-state index in [2.05, 4.69) is 64.2 Å². The highest BCUT2D eigenvalue weighted by atomic mass is 14.9. The van der Waals surface area contributed by atoms with Crippen LogP contribution in [0, 0.1) is 5.41 Å². The first-order valence-electron chi connectivity index (χ1n) is 8.09. The van der Waals surface area contributed by atoms with Crippen LogP contribution in [0.15, 0.2) is 24.3 Å². The summed E-state index contributed by atoms with van der Waals surface area (Å²) in [7, 11) is 0. The first-order chi connectivity index (χ1) is 9.28. The van der Waals surface area contributed by atoms with Crippen molar-refractivity contribution >= 4 is 0 Å². The van der Waals surface area contributed by atoms with Gasteiger partial charge in [-0.3, -0.25) is 0 Å². The summed E-state index contributed by atoms with van der Waals surface area (Å²) in [5.74, 6) is 0.712. The lowest BCUT2D eigenvalue weighted by atomic mass is 9.72. The molecule has 1 aliphatic rings. The normalized spacial score (nSPS) is 20.9. The first kappa shape index (κ1) is 15.6. The molecule has 20 heavy (non-hydrogen) atoms. The third-order valence-electron chi connectivity index (χ3n) is 4.43. The molecule has 0 aliphatic carbocycles. The van der Waals surface area contributed by atoms with Gasteiger partial charge in [-0.1, -0.05) is 58.9 Å². The van der Waals surface area contributed by atoms with E-state index in [-0.39, 0.29) is 5.41 Å². The maximum Gasteiger partial charge on any atom is 0.00201 e. The van der Waals surface area contributed by atoms with Crippen LogP contribution in [-0.4, -0.2) is 13.1 Å². The third-order valence-corrected chi connectivity index (χ3v) is 4.43. The second kappa shape index (κ2) is 5.89. The van der Waals surface area contributed by atoms with Crippen molar-refractivity contribution in [3.05, 3.63) is 35.4 Å². The molecule has 1 N–H and O–H groups in total. The Balaban J connectivity index is 2.10. The Morgan fingerprint density at radius 2 is 1.70 bits per heavy atom. The maximum atomic E-state index is 3.51. The van der Waals surface area contributed by atoms with Gasteiger partial charge in [0.2, 0.25) is 0 Å². The minimum atomic E-state index is 0.252. The van der Waals surface area contributed by atoms with Crippen LogP contribution < -0.4 is 5.32 Å². The molecule has 1 saturated heterocycles. The molecule has 1 heteroatoms. The van der Waals surface area contributed by atoms with E-state index in [1.807, 2.05) is 0 Å². The molecule has 1 aliphatic heterocycles. The molecule has 1 aromatic rings. The second-order valence-corrected chi connectivity index (χ2v) is 8.29. The lowest BCUT2D eigenvalue weighted by Gasteiger charge is -2.33. The molecule has 1 fully saturated rings. The largest absolute Gasteiger partial charge is 0.316 e. The summed E-state index contributed by atoms with van der Waals surface area (Å²) in [4.78, 5) is 0. The number of nitrogens with one attached hydrogen (secondary N) is 1. The summed E-state index contributed by atoms with van der Waals surface area (Å²) in [6.45, 7) is 14.1. The molecule has 0 aromatic heterocycles. The third kappa shape index (κ3) is 4.09. The predicted molar refractivity (Wildman–Crippen MR) is 88.4 cm³/mol. The van der Waals surface area contributed by atoms with Gasteiger partial charge in [0, 0.05) is 6.54 Å². The Bertz CT molecular complexity index is 416. The van der Waals surface area contributed by atoms with Gasteiger partial charge in [0.15, 0.2) is 0 Å². The first-order valence-corrected chi connectivity index (χ1v) is 8.09. The molecule has 0 amide bonds. The number of hydrogen-bond acceptors (Lipinski definition) is 1. The summed E-state index contributed by atoms with van der Waals surface area (Å²) in [5.41, 5.74) is 3.60. The smallest absolute Gasteiger partial charge is 0.00201 e. The molecule has 1 aromatic carbocycles. The predicted octanol–water partition coefficient (Wildman–Crippen LogP) is 4.87. The molecule has 2 rings (SSSR count). The molecule has 1 heterocycles. The molecule has 0 radical (unpaired) electrons. The molecule has 1 nitrogen and oxygen atoms in total.